The van der Waals surface area contributed by atoms with Gasteiger partial charge in [-0.2, -0.15) is 0 Å². The lowest BCUT2D eigenvalue weighted by molar-refractivity contribution is 0.185. The molecule has 2 N–H and O–H groups in total. The van der Waals surface area contributed by atoms with Crippen molar-refractivity contribution in [1.82, 2.24) is 15.6 Å². The van der Waals surface area contributed by atoms with Crippen molar-refractivity contribution in [2.45, 2.75) is 40.0 Å². The number of ether oxygens (including phenoxy) is 1. The third-order valence-electron chi connectivity index (χ3n) is 3.45. The Morgan fingerprint density at radius 3 is 2.48 bits per heavy atom. The van der Waals surface area contributed by atoms with Gasteiger partial charge in [-0.3, -0.25) is 0 Å². The molecule has 138 valence electrons. The lowest BCUT2D eigenvalue weighted by atomic mass is 10.1. The summed E-state index contributed by atoms with van der Waals surface area (Å²) in [5.41, 5.74) is 2.35. The molecule has 0 spiro atoms. The third kappa shape index (κ3) is 7.70. The van der Waals surface area contributed by atoms with Gasteiger partial charge in [0, 0.05) is 24.7 Å². The summed E-state index contributed by atoms with van der Waals surface area (Å²) in [5, 5.41) is 7.70. The van der Waals surface area contributed by atoms with E-state index in [9.17, 15) is 0 Å². The molecule has 1 aromatic heterocycles. The summed E-state index contributed by atoms with van der Waals surface area (Å²) in [6.45, 7) is 7.02. The standard InChI is InChI=1S/C18H26N4OS.HI/c1-4-16-11-20-17(24-16)12-22-18(19-5-2)21-10-14-6-8-15(9-7-14)13-23-3;/h6-9,11H,4-5,10,12-13H2,1-3H3,(H2,19,21,22);1H. The number of guanidine groups is 1. The maximum atomic E-state index is 5.13. The lowest BCUT2D eigenvalue weighted by Crippen LogP contribution is -2.36. The number of aromatic nitrogens is 1. The van der Waals surface area contributed by atoms with Crippen LogP contribution >= 0.6 is 35.3 Å². The zero-order valence-corrected chi connectivity index (χ0v) is 18.2. The first-order chi connectivity index (χ1) is 11.7. The van der Waals surface area contributed by atoms with E-state index in [0.29, 0.717) is 19.7 Å². The average molecular weight is 474 g/mol. The second kappa shape index (κ2) is 12.2. The molecule has 0 saturated heterocycles. The molecule has 0 radical (unpaired) electrons. The first-order valence-electron chi connectivity index (χ1n) is 8.27. The van der Waals surface area contributed by atoms with Crippen LogP contribution in [0.25, 0.3) is 0 Å². The van der Waals surface area contributed by atoms with Crippen LogP contribution < -0.4 is 10.6 Å². The molecule has 0 aliphatic heterocycles. The molecule has 0 aliphatic rings. The molecule has 0 saturated carbocycles. The van der Waals surface area contributed by atoms with Gasteiger partial charge in [0.15, 0.2) is 5.96 Å². The van der Waals surface area contributed by atoms with Crippen molar-refractivity contribution in [1.29, 1.82) is 0 Å². The highest BCUT2D eigenvalue weighted by molar-refractivity contribution is 14.0. The van der Waals surface area contributed by atoms with E-state index in [0.717, 1.165) is 23.9 Å². The minimum Gasteiger partial charge on any atom is -0.380 e. The van der Waals surface area contributed by atoms with E-state index in [1.165, 1.54) is 16.0 Å². The number of hydrogen-bond donors (Lipinski definition) is 2. The summed E-state index contributed by atoms with van der Waals surface area (Å²) < 4.78 is 5.13. The zero-order chi connectivity index (χ0) is 17.2. The van der Waals surface area contributed by atoms with Crippen molar-refractivity contribution >= 4 is 41.3 Å². The van der Waals surface area contributed by atoms with Gasteiger partial charge in [0.05, 0.1) is 19.7 Å². The molecule has 2 aromatic rings. The van der Waals surface area contributed by atoms with Crippen LogP contribution in [0, 0.1) is 0 Å². The highest BCUT2D eigenvalue weighted by atomic mass is 127. The maximum absolute atomic E-state index is 5.13. The molecular weight excluding hydrogens is 447 g/mol. The quantitative estimate of drug-likeness (QED) is 0.348. The number of aliphatic imine (C=N–C) groups is 1. The Labute approximate surface area is 171 Å². The Morgan fingerprint density at radius 1 is 1.16 bits per heavy atom. The predicted octanol–water partition coefficient (Wildman–Crippen LogP) is 3.73. The fourth-order valence-electron chi connectivity index (χ4n) is 2.17. The molecule has 0 fully saturated rings. The lowest BCUT2D eigenvalue weighted by Gasteiger charge is -2.10. The fourth-order valence-corrected chi connectivity index (χ4v) is 2.97. The van der Waals surface area contributed by atoms with Crippen LogP contribution in [0.5, 0.6) is 0 Å². The zero-order valence-electron chi connectivity index (χ0n) is 15.0. The maximum Gasteiger partial charge on any atom is 0.191 e. The van der Waals surface area contributed by atoms with Crippen LogP contribution in [-0.4, -0.2) is 24.6 Å². The van der Waals surface area contributed by atoms with Crippen LogP contribution in [0.2, 0.25) is 0 Å². The van der Waals surface area contributed by atoms with Crippen molar-refractivity contribution in [2.24, 2.45) is 4.99 Å². The van der Waals surface area contributed by atoms with Crippen molar-refractivity contribution in [2.75, 3.05) is 13.7 Å². The average Bonchev–Trinajstić information content (AvgIpc) is 3.07. The fraction of sp³-hybridized carbons (Fsp3) is 0.444. The van der Waals surface area contributed by atoms with Gasteiger partial charge in [-0.1, -0.05) is 31.2 Å². The van der Waals surface area contributed by atoms with Crippen LogP contribution in [0.3, 0.4) is 0 Å². The Morgan fingerprint density at radius 2 is 1.88 bits per heavy atom. The Kier molecular flexibility index (Phi) is 10.7. The number of benzene rings is 1. The minimum absolute atomic E-state index is 0. The number of methoxy groups -OCH3 is 1. The van der Waals surface area contributed by atoms with Crippen LogP contribution in [0.1, 0.15) is 34.9 Å². The SMILES string of the molecule is CCNC(=NCc1ccc(COC)cc1)NCc1ncc(CC)s1.I. The van der Waals surface area contributed by atoms with Gasteiger partial charge >= 0.3 is 0 Å². The van der Waals surface area contributed by atoms with Crippen molar-refractivity contribution < 1.29 is 4.74 Å². The van der Waals surface area contributed by atoms with E-state index in [2.05, 4.69) is 58.7 Å². The van der Waals surface area contributed by atoms with E-state index >= 15 is 0 Å². The smallest absolute Gasteiger partial charge is 0.191 e. The number of thiazole rings is 1. The summed E-state index contributed by atoms with van der Waals surface area (Å²) in [4.78, 5) is 10.4. The summed E-state index contributed by atoms with van der Waals surface area (Å²) >= 11 is 1.75. The van der Waals surface area contributed by atoms with Gasteiger partial charge in [-0.05, 0) is 24.5 Å². The largest absolute Gasteiger partial charge is 0.380 e. The number of rotatable bonds is 8. The third-order valence-corrected chi connectivity index (χ3v) is 4.60. The predicted molar refractivity (Wildman–Crippen MR) is 116 cm³/mol. The van der Waals surface area contributed by atoms with Crippen molar-refractivity contribution in [3.05, 3.63) is 51.5 Å². The van der Waals surface area contributed by atoms with E-state index < -0.39 is 0 Å². The molecule has 0 unspecified atom stereocenters. The second-order valence-electron chi connectivity index (χ2n) is 5.37. The van der Waals surface area contributed by atoms with Crippen LogP contribution in [-0.2, 0) is 30.9 Å². The molecule has 7 heteroatoms. The number of hydrogen-bond acceptors (Lipinski definition) is 4. The minimum atomic E-state index is 0. The molecule has 1 heterocycles. The van der Waals surface area contributed by atoms with Gasteiger partial charge < -0.3 is 15.4 Å². The van der Waals surface area contributed by atoms with Gasteiger partial charge in [-0.25, -0.2) is 9.98 Å². The summed E-state index contributed by atoms with van der Waals surface area (Å²) in [7, 11) is 1.71. The number of aryl methyl sites for hydroxylation is 1. The highest BCUT2D eigenvalue weighted by Gasteiger charge is 2.03. The van der Waals surface area contributed by atoms with E-state index in [-0.39, 0.29) is 24.0 Å². The number of nitrogens with one attached hydrogen (secondary N) is 2. The molecule has 5 nitrogen and oxygen atoms in total. The van der Waals surface area contributed by atoms with E-state index in [1.54, 1.807) is 18.4 Å². The van der Waals surface area contributed by atoms with Gasteiger partial charge in [0.25, 0.3) is 0 Å². The monoisotopic (exact) mass is 474 g/mol. The number of nitrogens with zero attached hydrogens (tertiary/aromatic N) is 2. The second-order valence-corrected chi connectivity index (χ2v) is 6.57. The molecule has 2 rings (SSSR count). The Hall–Kier alpha value is -1.19. The van der Waals surface area contributed by atoms with E-state index in [1.807, 2.05) is 6.20 Å². The summed E-state index contributed by atoms with van der Waals surface area (Å²) in [6.07, 6.45) is 2.98. The molecule has 0 bridgehead atoms. The van der Waals surface area contributed by atoms with Gasteiger partial charge in [0.2, 0.25) is 0 Å². The molecular formula is C18H27IN4OS. The molecule has 0 amide bonds. The molecule has 0 aliphatic carbocycles. The van der Waals surface area contributed by atoms with Gasteiger partial charge in [0.1, 0.15) is 5.01 Å². The molecule has 1 aromatic carbocycles. The van der Waals surface area contributed by atoms with Crippen molar-refractivity contribution in [3.63, 3.8) is 0 Å². The van der Waals surface area contributed by atoms with Crippen LogP contribution in [0.4, 0.5) is 0 Å². The number of halogens is 1. The Balaban J connectivity index is 0.00000312. The van der Waals surface area contributed by atoms with Crippen molar-refractivity contribution in [3.8, 4) is 0 Å². The van der Waals surface area contributed by atoms with E-state index in [4.69, 9.17) is 4.74 Å². The molecule has 25 heavy (non-hydrogen) atoms. The summed E-state index contributed by atoms with van der Waals surface area (Å²) in [5.74, 6) is 0.812. The normalized spacial score (nSPS) is 11.1. The first kappa shape index (κ1) is 21.9. The summed E-state index contributed by atoms with van der Waals surface area (Å²) in [6, 6.07) is 8.35. The molecule has 0 atom stereocenters. The highest BCUT2D eigenvalue weighted by Crippen LogP contribution is 2.12. The first-order valence-corrected chi connectivity index (χ1v) is 9.09. The topological polar surface area (TPSA) is 58.5 Å². The Bertz CT molecular complexity index is 643. The van der Waals surface area contributed by atoms with Gasteiger partial charge in [-0.15, -0.1) is 35.3 Å². The van der Waals surface area contributed by atoms with Crippen LogP contribution in [0.15, 0.2) is 35.5 Å².